The molecular formula is C25H27F8N5OS. The number of aliphatic hydroxyl groups excluding tert-OH is 1. The molecule has 4 heterocycles. The van der Waals surface area contributed by atoms with Gasteiger partial charge in [-0.1, -0.05) is 0 Å². The first kappa shape index (κ1) is 29.0. The highest BCUT2D eigenvalue weighted by Crippen LogP contribution is 2.46. The number of fused-ring (bicyclic) bond motifs is 3. The maximum Gasteiger partial charge on any atom is 0.443 e. The lowest BCUT2D eigenvalue weighted by Crippen LogP contribution is -2.54. The first-order chi connectivity index (χ1) is 18.8. The number of hydrogen-bond acceptors (Lipinski definition) is 6. The number of halogens is 8. The molecule has 1 aromatic carbocycles. The van der Waals surface area contributed by atoms with Crippen molar-refractivity contribution in [3.05, 3.63) is 45.6 Å². The standard InChI is InChI=1S/C25H27F8N5OS/c1-12-5-15-19(35-22-21(15)40-23(36-22)25(31,32)33)20(38(12)10-24(29,30)11-39)18-16(27)6-13(7-17(18)28)34-14-8-37(9-14)4-2-3-26/h6-7,12,14,20,34-35,39H,2-5,8-11H2,1H3. The number of aromatic amines is 1. The van der Waals surface area contributed by atoms with Gasteiger partial charge in [0.05, 0.1) is 30.0 Å². The van der Waals surface area contributed by atoms with E-state index in [1.807, 2.05) is 4.90 Å². The molecule has 1 saturated heterocycles. The van der Waals surface area contributed by atoms with Crippen LogP contribution in [-0.4, -0.2) is 82.3 Å². The second kappa shape index (κ2) is 10.7. The Balaban J connectivity index is 1.52. The molecular weight excluding hydrogens is 570 g/mol. The van der Waals surface area contributed by atoms with Gasteiger partial charge in [-0.2, -0.15) is 13.2 Å². The molecule has 5 rings (SSSR count). The lowest BCUT2D eigenvalue weighted by molar-refractivity contribution is -0.137. The van der Waals surface area contributed by atoms with Gasteiger partial charge in [-0.3, -0.25) is 14.2 Å². The summed E-state index contributed by atoms with van der Waals surface area (Å²) in [6.07, 6.45) is -4.28. The summed E-state index contributed by atoms with van der Waals surface area (Å²) in [5.74, 6) is -5.66. The fourth-order valence-corrected chi connectivity index (χ4v) is 6.45. The van der Waals surface area contributed by atoms with E-state index in [0.29, 0.717) is 43.0 Å². The van der Waals surface area contributed by atoms with Crippen molar-refractivity contribution in [2.75, 3.05) is 44.8 Å². The lowest BCUT2D eigenvalue weighted by atomic mass is 9.88. The summed E-state index contributed by atoms with van der Waals surface area (Å²) in [5.41, 5.74) is -0.149. The van der Waals surface area contributed by atoms with Crippen molar-refractivity contribution in [3.63, 3.8) is 0 Å². The Labute approximate surface area is 228 Å². The van der Waals surface area contributed by atoms with E-state index in [1.165, 1.54) is 6.92 Å². The van der Waals surface area contributed by atoms with E-state index in [0.717, 1.165) is 17.0 Å². The van der Waals surface area contributed by atoms with Gasteiger partial charge in [0.25, 0.3) is 5.92 Å². The van der Waals surface area contributed by atoms with Gasteiger partial charge < -0.3 is 15.4 Å². The first-order valence-electron chi connectivity index (χ1n) is 12.7. The molecule has 2 aliphatic heterocycles. The molecule has 2 aromatic heterocycles. The van der Waals surface area contributed by atoms with Crippen LogP contribution in [0.4, 0.5) is 40.8 Å². The van der Waals surface area contributed by atoms with Crippen molar-refractivity contribution in [1.82, 2.24) is 19.8 Å². The van der Waals surface area contributed by atoms with Gasteiger partial charge in [0.15, 0.2) is 0 Å². The van der Waals surface area contributed by atoms with Gasteiger partial charge in [0.1, 0.15) is 23.9 Å². The number of thiazole rings is 1. The van der Waals surface area contributed by atoms with Crippen LogP contribution in [0.2, 0.25) is 0 Å². The molecule has 0 aliphatic carbocycles. The molecule has 15 heteroatoms. The molecule has 0 amide bonds. The fraction of sp³-hybridized carbons (Fsp3) is 0.560. The molecule has 0 saturated carbocycles. The molecule has 0 spiro atoms. The number of H-pyrrole nitrogens is 1. The van der Waals surface area contributed by atoms with Crippen molar-refractivity contribution in [3.8, 4) is 0 Å². The molecule has 3 aromatic rings. The number of aliphatic hydroxyl groups is 1. The van der Waals surface area contributed by atoms with Crippen molar-refractivity contribution in [2.24, 2.45) is 0 Å². The number of nitrogens with zero attached hydrogens (tertiary/aromatic N) is 3. The summed E-state index contributed by atoms with van der Waals surface area (Å²) in [5, 5.41) is 11.1. The van der Waals surface area contributed by atoms with E-state index in [2.05, 4.69) is 15.3 Å². The summed E-state index contributed by atoms with van der Waals surface area (Å²) < 4.78 is 112. The molecule has 6 nitrogen and oxygen atoms in total. The van der Waals surface area contributed by atoms with Crippen LogP contribution in [0.1, 0.15) is 41.2 Å². The largest absolute Gasteiger partial charge is 0.443 e. The molecule has 2 unspecified atom stereocenters. The first-order valence-corrected chi connectivity index (χ1v) is 13.5. The van der Waals surface area contributed by atoms with Crippen molar-refractivity contribution >= 4 is 27.4 Å². The summed E-state index contributed by atoms with van der Waals surface area (Å²) in [6, 6.07) is -0.229. The van der Waals surface area contributed by atoms with Gasteiger partial charge in [0.2, 0.25) is 5.01 Å². The smallest absolute Gasteiger partial charge is 0.390 e. The SMILES string of the molecule is CC1Cc2c([nH]c3nc(C(F)(F)F)sc23)C(c2c(F)cc(NC3CN(CCCF)C3)cc2F)N1CC(F)(F)CO. The van der Waals surface area contributed by atoms with Crippen LogP contribution in [0.5, 0.6) is 0 Å². The van der Waals surface area contributed by atoms with Crippen molar-refractivity contribution < 1.29 is 40.2 Å². The van der Waals surface area contributed by atoms with E-state index >= 15 is 8.78 Å². The quantitative estimate of drug-likeness (QED) is 0.291. The summed E-state index contributed by atoms with van der Waals surface area (Å²) in [6.45, 7) is 0.246. The van der Waals surface area contributed by atoms with Crippen LogP contribution < -0.4 is 5.32 Å². The Kier molecular flexibility index (Phi) is 7.78. The second-order valence-electron chi connectivity index (χ2n) is 10.4. The number of benzene rings is 1. The topological polar surface area (TPSA) is 67.4 Å². The molecule has 1 fully saturated rings. The zero-order chi connectivity index (χ0) is 29.0. The maximum atomic E-state index is 15.7. The predicted molar refractivity (Wildman–Crippen MR) is 134 cm³/mol. The van der Waals surface area contributed by atoms with Crippen LogP contribution in [0, 0.1) is 11.6 Å². The highest BCUT2D eigenvalue weighted by atomic mass is 32.1. The highest BCUT2D eigenvalue weighted by molar-refractivity contribution is 7.18. The van der Waals surface area contributed by atoms with Gasteiger partial charge in [-0.25, -0.2) is 22.5 Å². The Hall–Kier alpha value is -2.49. The van der Waals surface area contributed by atoms with Crippen LogP contribution in [0.25, 0.3) is 10.3 Å². The Morgan fingerprint density at radius 2 is 1.82 bits per heavy atom. The summed E-state index contributed by atoms with van der Waals surface area (Å²) in [7, 11) is 0. The van der Waals surface area contributed by atoms with E-state index in [-0.39, 0.29) is 34.2 Å². The number of nitrogens with one attached hydrogen (secondary N) is 2. The lowest BCUT2D eigenvalue weighted by Gasteiger charge is -2.42. The van der Waals surface area contributed by atoms with Gasteiger partial charge in [-0.15, -0.1) is 11.3 Å². The number of rotatable bonds is 9. The Morgan fingerprint density at radius 1 is 1.15 bits per heavy atom. The zero-order valence-corrected chi connectivity index (χ0v) is 22.1. The average Bonchev–Trinajstić information content (AvgIpc) is 3.41. The van der Waals surface area contributed by atoms with E-state index in [9.17, 15) is 31.4 Å². The van der Waals surface area contributed by atoms with Gasteiger partial charge >= 0.3 is 6.18 Å². The molecule has 2 atom stereocenters. The highest BCUT2D eigenvalue weighted by Gasteiger charge is 2.45. The van der Waals surface area contributed by atoms with Crippen LogP contribution in [0.15, 0.2) is 12.1 Å². The average molecular weight is 598 g/mol. The van der Waals surface area contributed by atoms with E-state index in [4.69, 9.17) is 0 Å². The normalized spacial score (nSPS) is 21.1. The van der Waals surface area contributed by atoms with Crippen LogP contribution in [0.3, 0.4) is 0 Å². The minimum absolute atomic E-state index is 0.0241. The van der Waals surface area contributed by atoms with Crippen LogP contribution >= 0.6 is 11.3 Å². The monoisotopic (exact) mass is 597 g/mol. The second-order valence-corrected chi connectivity index (χ2v) is 11.3. The Morgan fingerprint density at radius 3 is 2.42 bits per heavy atom. The van der Waals surface area contributed by atoms with E-state index < -0.39 is 66.2 Å². The summed E-state index contributed by atoms with van der Waals surface area (Å²) >= 11 is 0.379. The van der Waals surface area contributed by atoms with Crippen molar-refractivity contribution in [1.29, 1.82) is 0 Å². The Bertz CT molecular complexity index is 1350. The third-order valence-electron chi connectivity index (χ3n) is 7.33. The molecule has 2 aliphatic rings. The van der Waals surface area contributed by atoms with E-state index in [1.54, 1.807) is 0 Å². The van der Waals surface area contributed by atoms with Gasteiger partial charge in [-0.05, 0) is 37.5 Å². The molecule has 220 valence electrons. The number of hydrogen-bond donors (Lipinski definition) is 3. The number of alkyl halides is 6. The third-order valence-corrected chi connectivity index (χ3v) is 8.49. The minimum atomic E-state index is -4.70. The maximum absolute atomic E-state index is 15.7. The molecule has 3 N–H and O–H groups in total. The predicted octanol–water partition coefficient (Wildman–Crippen LogP) is 5.34. The van der Waals surface area contributed by atoms with Crippen molar-refractivity contribution in [2.45, 2.75) is 50.0 Å². The number of likely N-dealkylation sites (tertiary alicyclic amines) is 1. The number of anilines is 1. The molecule has 40 heavy (non-hydrogen) atoms. The zero-order valence-electron chi connectivity index (χ0n) is 21.3. The number of aromatic nitrogens is 2. The molecule has 0 radical (unpaired) electrons. The fourth-order valence-electron chi connectivity index (χ4n) is 5.49. The molecule has 0 bridgehead atoms. The summed E-state index contributed by atoms with van der Waals surface area (Å²) in [4.78, 5) is 9.45. The minimum Gasteiger partial charge on any atom is -0.390 e. The third kappa shape index (κ3) is 5.52. The van der Waals surface area contributed by atoms with Crippen LogP contribution in [-0.2, 0) is 12.6 Å². The van der Waals surface area contributed by atoms with Gasteiger partial charge in [0, 0.05) is 42.6 Å².